The van der Waals surface area contributed by atoms with Crippen LogP contribution in [0.3, 0.4) is 0 Å². The van der Waals surface area contributed by atoms with Crippen molar-refractivity contribution in [1.29, 1.82) is 0 Å². The van der Waals surface area contributed by atoms with E-state index in [0.29, 0.717) is 33.9 Å². The molecule has 2 aromatic carbocycles. The largest absolute Gasteiger partial charge is 0.496 e. The van der Waals surface area contributed by atoms with Gasteiger partial charge < -0.3 is 14.6 Å². The quantitative estimate of drug-likeness (QED) is 0.276. The van der Waals surface area contributed by atoms with Gasteiger partial charge in [0.05, 0.1) is 34.1 Å². The van der Waals surface area contributed by atoms with Gasteiger partial charge in [-0.05, 0) is 31.2 Å². The Morgan fingerprint density at radius 1 is 1.26 bits per heavy atom. The number of halogens is 2. The van der Waals surface area contributed by atoms with Gasteiger partial charge in [0.25, 0.3) is 5.69 Å². The number of benzene rings is 2. The van der Waals surface area contributed by atoms with Gasteiger partial charge in [-0.15, -0.1) is 10.2 Å². The van der Waals surface area contributed by atoms with Crippen LogP contribution in [-0.4, -0.2) is 38.5 Å². The summed E-state index contributed by atoms with van der Waals surface area (Å²) in [6, 6.07) is 9.04. The molecule has 0 aliphatic carbocycles. The summed E-state index contributed by atoms with van der Waals surface area (Å²) in [6.07, 6.45) is 0. The van der Waals surface area contributed by atoms with Crippen molar-refractivity contribution in [2.24, 2.45) is 0 Å². The van der Waals surface area contributed by atoms with Crippen LogP contribution in [0.1, 0.15) is 6.92 Å². The molecule has 0 saturated carbocycles. The maximum Gasteiger partial charge on any atom is 0.271 e. The zero-order valence-electron chi connectivity index (χ0n) is 16.5. The zero-order chi connectivity index (χ0) is 22.5. The van der Waals surface area contributed by atoms with Crippen LogP contribution in [0.2, 0.25) is 10.0 Å². The van der Waals surface area contributed by atoms with Crippen LogP contribution in [0.4, 0.5) is 11.4 Å². The molecule has 1 N–H and O–H groups in total. The van der Waals surface area contributed by atoms with Crippen molar-refractivity contribution < 1.29 is 14.5 Å². The van der Waals surface area contributed by atoms with Crippen LogP contribution in [0, 0.1) is 10.1 Å². The fourth-order valence-corrected chi connectivity index (χ4v) is 3.91. The minimum absolute atomic E-state index is 0.00380. The molecule has 1 amide bonds. The number of anilines is 1. The number of methoxy groups -OCH3 is 1. The molecule has 162 valence electrons. The van der Waals surface area contributed by atoms with Crippen LogP contribution in [0.5, 0.6) is 5.75 Å². The minimum atomic E-state index is -0.559. The first-order chi connectivity index (χ1) is 14.8. The van der Waals surface area contributed by atoms with Gasteiger partial charge in [0.2, 0.25) is 5.91 Å². The Bertz CT molecular complexity index is 1140. The van der Waals surface area contributed by atoms with Crippen molar-refractivity contribution >= 4 is 52.2 Å². The van der Waals surface area contributed by atoms with Gasteiger partial charge >= 0.3 is 0 Å². The van der Waals surface area contributed by atoms with E-state index in [4.69, 9.17) is 27.9 Å². The third-order valence-corrected chi connectivity index (χ3v) is 5.73. The number of ether oxygens (including phenoxy) is 1. The smallest absolute Gasteiger partial charge is 0.271 e. The summed E-state index contributed by atoms with van der Waals surface area (Å²) < 4.78 is 7.23. The SMILES string of the molecule is CCn1c(SCC(=O)Nc2cc([N+](=O)[O-])ccc2Cl)nnc1-c1cc(Cl)ccc1OC. The molecule has 9 nitrogen and oxygen atoms in total. The van der Waals surface area contributed by atoms with Crippen molar-refractivity contribution in [3.63, 3.8) is 0 Å². The first-order valence-electron chi connectivity index (χ1n) is 8.97. The summed E-state index contributed by atoms with van der Waals surface area (Å²) in [4.78, 5) is 22.8. The number of carbonyl (C=O) groups is 1. The molecular formula is C19H17Cl2N5O4S. The number of nitrogens with zero attached hydrogens (tertiary/aromatic N) is 4. The summed E-state index contributed by atoms with van der Waals surface area (Å²) in [5.74, 6) is 0.775. The first kappa shape index (κ1) is 22.9. The lowest BCUT2D eigenvalue weighted by atomic mass is 10.2. The molecule has 0 aliphatic heterocycles. The molecule has 12 heteroatoms. The second-order valence-electron chi connectivity index (χ2n) is 6.15. The molecule has 3 rings (SSSR count). The maximum atomic E-state index is 12.4. The average molecular weight is 482 g/mol. The number of nitro benzene ring substituents is 1. The fraction of sp³-hybridized carbons (Fsp3) is 0.211. The van der Waals surface area contributed by atoms with Crippen LogP contribution in [0.15, 0.2) is 41.6 Å². The summed E-state index contributed by atoms with van der Waals surface area (Å²) in [6.45, 7) is 2.48. The Balaban J connectivity index is 1.76. The maximum absolute atomic E-state index is 12.4. The predicted octanol–water partition coefficient (Wildman–Crippen LogP) is 4.92. The fourth-order valence-electron chi connectivity index (χ4n) is 2.77. The number of carbonyl (C=O) groups excluding carboxylic acids is 1. The minimum Gasteiger partial charge on any atom is -0.496 e. The number of hydrogen-bond acceptors (Lipinski definition) is 7. The van der Waals surface area contributed by atoms with Crippen LogP contribution in [-0.2, 0) is 11.3 Å². The highest BCUT2D eigenvalue weighted by atomic mass is 35.5. The van der Waals surface area contributed by atoms with E-state index in [2.05, 4.69) is 15.5 Å². The highest BCUT2D eigenvalue weighted by molar-refractivity contribution is 7.99. The molecule has 0 saturated heterocycles. The van der Waals surface area contributed by atoms with Gasteiger partial charge in [0, 0.05) is 23.7 Å². The average Bonchev–Trinajstić information content (AvgIpc) is 3.16. The van der Waals surface area contributed by atoms with Gasteiger partial charge in [-0.1, -0.05) is 35.0 Å². The Labute approximate surface area is 191 Å². The van der Waals surface area contributed by atoms with E-state index in [-0.39, 0.29) is 28.1 Å². The normalized spacial score (nSPS) is 10.7. The van der Waals surface area contributed by atoms with Crippen molar-refractivity contribution in [3.05, 3.63) is 56.6 Å². The van der Waals surface area contributed by atoms with Crippen LogP contribution < -0.4 is 10.1 Å². The van der Waals surface area contributed by atoms with Crippen LogP contribution in [0.25, 0.3) is 11.4 Å². The zero-order valence-corrected chi connectivity index (χ0v) is 18.8. The van der Waals surface area contributed by atoms with Gasteiger partial charge in [0.1, 0.15) is 5.75 Å². The number of aromatic nitrogens is 3. The number of thioether (sulfide) groups is 1. The van der Waals surface area contributed by atoms with Crippen molar-refractivity contribution in [1.82, 2.24) is 14.8 Å². The molecule has 0 spiro atoms. The number of rotatable bonds is 8. The molecule has 3 aromatic rings. The molecule has 0 atom stereocenters. The van der Waals surface area contributed by atoms with Crippen molar-refractivity contribution in [2.75, 3.05) is 18.2 Å². The van der Waals surface area contributed by atoms with E-state index in [1.807, 2.05) is 11.5 Å². The second-order valence-corrected chi connectivity index (χ2v) is 7.94. The van der Waals surface area contributed by atoms with E-state index in [9.17, 15) is 14.9 Å². The summed E-state index contributed by atoms with van der Waals surface area (Å²) >= 11 is 13.3. The van der Waals surface area contributed by atoms with Crippen molar-refractivity contribution in [3.8, 4) is 17.1 Å². The van der Waals surface area contributed by atoms with Gasteiger partial charge in [0.15, 0.2) is 11.0 Å². The highest BCUT2D eigenvalue weighted by Crippen LogP contribution is 2.33. The van der Waals surface area contributed by atoms with Crippen molar-refractivity contribution in [2.45, 2.75) is 18.6 Å². The number of nitrogens with one attached hydrogen (secondary N) is 1. The molecule has 0 bridgehead atoms. The molecule has 0 unspecified atom stereocenters. The van der Waals surface area contributed by atoms with Gasteiger partial charge in [-0.3, -0.25) is 14.9 Å². The number of non-ortho nitro benzene ring substituents is 1. The molecule has 0 fully saturated rings. The summed E-state index contributed by atoms with van der Waals surface area (Å²) in [7, 11) is 1.55. The lowest BCUT2D eigenvalue weighted by Gasteiger charge is -2.11. The third kappa shape index (κ3) is 5.27. The molecule has 31 heavy (non-hydrogen) atoms. The van der Waals surface area contributed by atoms with E-state index >= 15 is 0 Å². The molecular weight excluding hydrogens is 465 g/mol. The van der Waals surface area contributed by atoms with Gasteiger partial charge in [-0.25, -0.2) is 0 Å². The Kier molecular flexibility index (Phi) is 7.37. The summed E-state index contributed by atoms with van der Waals surface area (Å²) in [5, 5.41) is 23.2. The topological polar surface area (TPSA) is 112 Å². The van der Waals surface area contributed by atoms with E-state index in [0.717, 1.165) is 0 Å². The monoisotopic (exact) mass is 481 g/mol. The van der Waals surface area contributed by atoms with Gasteiger partial charge in [-0.2, -0.15) is 0 Å². The number of hydrogen-bond donors (Lipinski definition) is 1. The number of amides is 1. The molecule has 1 heterocycles. The Morgan fingerprint density at radius 2 is 2.03 bits per heavy atom. The van der Waals surface area contributed by atoms with E-state index < -0.39 is 4.92 Å². The van der Waals surface area contributed by atoms with E-state index in [1.165, 1.54) is 30.0 Å². The lowest BCUT2D eigenvalue weighted by Crippen LogP contribution is -2.15. The predicted molar refractivity (Wildman–Crippen MR) is 120 cm³/mol. The lowest BCUT2D eigenvalue weighted by molar-refractivity contribution is -0.384. The Morgan fingerprint density at radius 3 is 2.71 bits per heavy atom. The first-order valence-corrected chi connectivity index (χ1v) is 10.7. The number of nitro groups is 1. The summed E-state index contributed by atoms with van der Waals surface area (Å²) in [5.41, 5.74) is 0.685. The second kappa shape index (κ2) is 9.99. The molecule has 0 radical (unpaired) electrons. The van der Waals surface area contributed by atoms with Crippen LogP contribution >= 0.6 is 35.0 Å². The standard InChI is InChI=1S/C19H17Cl2N5O4S/c1-3-25-18(13-8-11(20)4-7-16(13)30-2)23-24-19(25)31-10-17(27)22-15-9-12(26(28)29)5-6-14(15)21/h4-9H,3,10H2,1-2H3,(H,22,27). The highest BCUT2D eigenvalue weighted by Gasteiger charge is 2.19. The molecule has 0 aliphatic rings. The van der Waals surface area contributed by atoms with E-state index in [1.54, 1.807) is 25.3 Å². The Hall–Kier alpha value is -2.82. The third-order valence-electron chi connectivity index (χ3n) is 4.20. The molecule has 1 aromatic heterocycles.